The molecule has 0 unspecified atom stereocenters. The standard InChI is InChI=1S/C18H23N5O2/c1-17(2,3)25-16(24)23-8-6-18(12-19,7-9-23)21-14-4-5-15-13(10-14)11-20-22-15/h4-5,10-11,21H,6-9H2,1-3H3,(H,20,22). The van der Waals surface area contributed by atoms with Gasteiger partial charge in [-0.2, -0.15) is 10.4 Å². The molecule has 1 saturated heterocycles. The second-order valence-corrected chi connectivity index (χ2v) is 7.46. The summed E-state index contributed by atoms with van der Waals surface area (Å²) in [5.41, 5.74) is 0.632. The number of fused-ring (bicyclic) bond motifs is 1. The number of aromatic amines is 1. The number of nitriles is 1. The van der Waals surface area contributed by atoms with Gasteiger partial charge in [0.1, 0.15) is 11.1 Å². The Hall–Kier alpha value is -2.75. The number of piperidine rings is 1. The van der Waals surface area contributed by atoms with Crippen LogP contribution < -0.4 is 5.32 Å². The number of hydrogen-bond donors (Lipinski definition) is 2. The highest BCUT2D eigenvalue weighted by atomic mass is 16.6. The summed E-state index contributed by atoms with van der Waals surface area (Å²) >= 11 is 0. The highest BCUT2D eigenvalue weighted by Crippen LogP contribution is 2.28. The van der Waals surface area contributed by atoms with Gasteiger partial charge in [0.05, 0.1) is 17.8 Å². The number of benzene rings is 1. The number of aromatic nitrogens is 2. The summed E-state index contributed by atoms with van der Waals surface area (Å²) in [6.45, 7) is 6.53. The Kier molecular flexibility index (Phi) is 4.29. The molecule has 2 N–H and O–H groups in total. The minimum absolute atomic E-state index is 0.321. The SMILES string of the molecule is CC(C)(C)OC(=O)N1CCC(C#N)(Nc2ccc3[nH]ncc3c2)CC1. The first kappa shape index (κ1) is 17.1. The van der Waals surface area contributed by atoms with Crippen molar-refractivity contribution in [1.29, 1.82) is 5.26 Å². The average Bonchev–Trinajstić information content (AvgIpc) is 3.01. The molecule has 0 saturated carbocycles. The number of rotatable bonds is 2. The van der Waals surface area contributed by atoms with E-state index in [9.17, 15) is 10.1 Å². The summed E-state index contributed by atoms with van der Waals surface area (Å²) in [4.78, 5) is 13.8. The van der Waals surface area contributed by atoms with Crippen molar-refractivity contribution >= 4 is 22.7 Å². The number of H-pyrrole nitrogens is 1. The maximum absolute atomic E-state index is 12.2. The van der Waals surface area contributed by atoms with E-state index in [1.54, 1.807) is 11.1 Å². The molecule has 25 heavy (non-hydrogen) atoms. The minimum Gasteiger partial charge on any atom is -0.444 e. The third-order valence-electron chi connectivity index (χ3n) is 4.31. The van der Waals surface area contributed by atoms with Crippen LogP contribution >= 0.6 is 0 Å². The molecule has 1 aliphatic rings. The van der Waals surface area contributed by atoms with Crippen LogP contribution in [0.4, 0.5) is 10.5 Å². The van der Waals surface area contributed by atoms with E-state index < -0.39 is 11.1 Å². The number of likely N-dealkylation sites (tertiary alicyclic amines) is 1. The summed E-state index contributed by atoms with van der Waals surface area (Å²) < 4.78 is 5.41. The van der Waals surface area contributed by atoms with E-state index in [0.29, 0.717) is 25.9 Å². The number of hydrogen-bond acceptors (Lipinski definition) is 5. The van der Waals surface area contributed by atoms with Crippen LogP contribution in [0.25, 0.3) is 10.9 Å². The largest absolute Gasteiger partial charge is 0.444 e. The molecule has 132 valence electrons. The molecule has 1 aromatic heterocycles. The molecule has 0 bridgehead atoms. The van der Waals surface area contributed by atoms with Gasteiger partial charge in [0.2, 0.25) is 0 Å². The Bertz CT molecular complexity index is 807. The molecule has 0 radical (unpaired) electrons. The quantitative estimate of drug-likeness (QED) is 0.874. The van der Waals surface area contributed by atoms with Gasteiger partial charge in [-0.1, -0.05) is 0 Å². The predicted molar refractivity (Wildman–Crippen MR) is 95.1 cm³/mol. The van der Waals surface area contributed by atoms with Gasteiger partial charge in [0.15, 0.2) is 0 Å². The Morgan fingerprint density at radius 3 is 2.76 bits per heavy atom. The van der Waals surface area contributed by atoms with Crippen LogP contribution in [0.1, 0.15) is 33.6 Å². The summed E-state index contributed by atoms with van der Waals surface area (Å²) in [5.74, 6) is 0. The van der Waals surface area contributed by atoms with E-state index in [2.05, 4.69) is 21.6 Å². The maximum atomic E-state index is 12.2. The molecule has 7 nitrogen and oxygen atoms in total. The van der Waals surface area contributed by atoms with Crippen LogP contribution in [-0.4, -0.2) is 45.4 Å². The molecule has 3 rings (SSSR count). The summed E-state index contributed by atoms with van der Waals surface area (Å²) in [7, 11) is 0. The Balaban J connectivity index is 1.67. The van der Waals surface area contributed by atoms with Crippen molar-refractivity contribution in [2.45, 2.75) is 44.8 Å². The first-order chi connectivity index (χ1) is 11.8. The van der Waals surface area contributed by atoms with Crippen LogP contribution in [0.3, 0.4) is 0 Å². The zero-order valence-corrected chi connectivity index (χ0v) is 14.8. The Morgan fingerprint density at radius 2 is 2.12 bits per heavy atom. The molecule has 0 aliphatic carbocycles. The van der Waals surface area contributed by atoms with Crippen molar-refractivity contribution in [1.82, 2.24) is 15.1 Å². The first-order valence-electron chi connectivity index (χ1n) is 8.41. The van der Waals surface area contributed by atoms with Gasteiger partial charge < -0.3 is 15.0 Å². The molecule has 1 amide bonds. The Labute approximate surface area is 146 Å². The number of carbonyl (C=O) groups is 1. The Morgan fingerprint density at radius 1 is 1.40 bits per heavy atom. The molecule has 0 atom stereocenters. The van der Waals surface area contributed by atoms with Crippen molar-refractivity contribution in [3.8, 4) is 6.07 Å². The van der Waals surface area contributed by atoms with Crippen molar-refractivity contribution < 1.29 is 9.53 Å². The fourth-order valence-corrected chi connectivity index (χ4v) is 2.96. The van der Waals surface area contributed by atoms with E-state index in [1.807, 2.05) is 39.0 Å². The van der Waals surface area contributed by atoms with E-state index >= 15 is 0 Å². The molecule has 1 aliphatic heterocycles. The van der Waals surface area contributed by atoms with E-state index in [0.717, 1.165) is 16.6 Å². The van der Waals surface area contributed by atoms with Crippen molar-refractivity contribution in [3.05, 3.63) is 24.4 Å². The molecule has 0 spiro atoms. The highest BCUT2D eigenvalue weighted by Gasteiger charge is 2.37. The second-order valence-electron chi connectivity index (χ2n) is 7.46. The van der Waals surface area contributed by atoms with Gasteiger partial charge in [0, 0.05) is 37.0 Å². The third-order valence-corrected chi connectivity index (χ3v) is 4.31. The smallest absolute Gasteiger partial charge is 0.410 e. The molecular formula is C18H23N5O2. The number of nitrogens with zero attached hydrogens (tertiary/aromatic N) is 3. The number of anilines is 1. The zero-order chi connectivity index (χ0) is 18.1. The summed E-state index contributed by atoms with van der Waals surface area (Å²) in [6.07, 6.45) is 2.53. The maximum Gasteiger partial charge on any atom is 0.410 e. The first-order valence-corrected chi connectivity index (χ1v) is 8.41. The lowest BCUT2D eigenvalue weighted by Gasteiger charge is -2.38. The molecular weight excluding hydrogens is 318 g/mol. The van der Waals surface area contributed by atoms with Gasteiger partial charge in [-0.25, -0.2) is 4.79 Å². The summed E-state index contributed by atoms with van der Waals surface area (Å²) in [6, 6.07) is 8.24. The lowest BCUT2D eigenvalue weighted by Crippen LogP contribution is -2.51. The zero-order valence-electron chi connectivity index (χ0n) is 14.8. The minimum atomic E-state index is -0.685. The normalized spacial score (nSPS) is 17.1. The van der Waals surface area contributed by atoms with Crippen molar-refractivity contribution in [3.63, 3.8) is 0 Å². The second kappa shape index (κ2) is 6.28. The van der Waals surface area contributed by atoms with Gasteiger partial charge >= 0.3 is 6.09 Å². The fourth-order valence-electron chi connectivity index (χ4n) is 2.96. The van der Waals surface area contributed by atoms with Gasteiger partial charge in [-0.05, 0) is 39.0 Å². The van der Waals surface area contributed by atoms with E-state index in [-0.39, 0.29) is 6.09 Å². The van der Waals surface area contributed by atoms with E-state index in [4.69, 9.17) is 4.74 Å². The molecule has 1 fully saturated rings. The molecule has 1 aromatic carbocycles. The van der Waals surface area contributed by atoms with E-state index in [1.165, 1.54) is 0 Å². The topological polar surface area (TPSA) is 94.0 Å². The number of carbonyl (C=O) groups excluding carboxylic acids is 1. The van der Waals surface area contributed by atoms with Crippen LogP contribution in [-0.2, 0) is 4.74 Å². The average molecular weight is 341 g/mol. The monoisotopic (exact) mass is 341 g/mol. The van der Waals surface area contributed by atoms with Gasteiger partial charge in [-0.15, -0.1) is 0 Å². The third kappa shape index (κ3) is 3.85. The predicted octanol–water partition coefficient (Wildman–Crippen LogP) is 3.27. The number of ether oxygens (including phenoxy) is 1. The highest BCUT2D eigenvalue weighted by molar-refractivity contribution is 5.82. The lowest BCUT2D eigenvalue weighted by molar-refractivity contribution is 0.0195. The number of nitrogens with one attached hydrogen (secondary N) is 2. The van der Waals surface area contributed by atoms with Crippen molar-refractivity contribution in [2.75, 3.05) is 18.4 Å². The van der Waals surface area contributed by atoms with Crippen molar-refractivity contribution in [2.24, 2.45) is 0 Å². The summed E-state index contributed by atoms with van der Waals surface area (Å²) in [5, 5.41) is 21.0. The van der Waals surface area contributed by atoms with Crippen LogP contribution in [0.5, 0.6) is 0 Å². The molecule has 2 aromatic rings. The molecule has 2 heterocycles. The van der Waals surface area contributed by atoms with Crippen LogP contribution in [0, 0.1) is 11.3 Å². The fraction of sp³-hybridized carbons (Fsp3) is 0.500. The van der Waals surface area contributed by atoms with Crippen LogP contribution in [0.15, 0.2) is 24.4 Å². The number of amides is 1. The van der Waals surface area contributed by atoms with Gasteiger partial charge in [0.25, 0.3) is 0 Å². The molecule has 7 heteroatoms. The lowest BCUT2D eigenvalue weighted by atomic mass is 9.88. The van der Waals surface area contributed by atoms with Crippen LogP contribution in [0.2, 0.25) is 0 Å². The van der Waals surface area contributed by atoms with Gasteiger partial charge in [-0.3, -0.25) is 5.10 Å².